The first-order chi connectivity index (χ1) is 14.8. The normalized spacial score (nSPS) is 10.5. The average molecular weight is 420 g/mol. The van der Waals surface area contributed by atoms with Gasteiger partial charge < -0.3 is 25.2 Å². The van der Waals surface area contributed by atoms with E-state index in [1.165, 1.54) is 18.2 Å². The Balaban J connectivity index is 1.88. The first-order valence-electron chi connectivity index (χ1n) is 9.31. The van der Waals surface area contributed by atoms with Gasteiger partial charge >= 0.3 is 5.97 Å². The van der Waals surface area contributed by atoms with E-state index in [1.807, 2.05) is 0 Å². The fourth-order valence-electron chi connectivity index (χ4n) is 3.03. The summed E-state index contributed by atoms with van der Waals surface area (Å²) >= 11 is 0. The van der Waals surface area contributed by atoms with E-state index in [4.69, 9.17) is 4.74 Å². The monoisotopic (exact) mass is 420 g/mol. The Labute approximate surface area is 178 Å². The van der Waals surface area contributed by atoms with E-state index in [0.29, 0.717) is 17.5 Å². The molecule has 0 aliphatic heterocycles. The summed E-state index contributed by atoms with van der Waals surface area (Å²) in [5.74, 6) is -2.47. The molecule has 0 heterocycles. The second-order valence-corrected chi connectivity index (χ2v) is 6.74. The van der Waals surface area contributed by atoms with Crippen molar-refractivity contribution in [2.24, 2.45) is 0 Å². The Kier molecular flexibility index (Phi) is 6.26. The zero-order chi connectivity index (χ0) is 22.5. The third kappa shape index (κ3) is 4.84. The van der Waals surface area contributed by atoms with Gasteiger partial charge in [0.05, 0.1) is 17.7 Å². The first-order valence-corrected chi connectivity index (χ1v) is 9.31. The molecule has 7 nitrogen and oxygen atoms in total. The number of esters is 1. The number of ether oxygens (including phenoxy) is 1. The van der Waals surface area contributed by atoms with Crippen molar-refractivity contribution in [1.29, 1.82) is 0 Å². The van der Waals surface area contributed by atoms with Crippen molar-refractivity contribution < 1.29 is 34.8 Å². The Bertz CT molecular complexity index is 1150. The largest absolute Gasteiger partial charge is 0.508 e. The van der Waals surface area contributed by atoms with Gasteiger partial charge in [-0.3, -0.25) is 4.79 Å². The van der Waals surface area contributed by atoms with Crippen LogP contribution >= 0.6 is 0 Å². The van der Waals surface area contributed by atoms with Gasteiger partial charge in [-0.15, -0.1) is 0 Å². The van der Waals surface area contributed by atoms with E-state index in [1.54, 1.807) is 24.3 Å². The molecule has 7 heteroatoms. The fraction of sp³-hybridized carbons (Fsp3) is 0.0833. The Morgan fingerprint density at radius 3 is 2.16 bits per heavy atom. The Morgan fingerprint density at radius 1 is 0.839 bits per heavy atom. The highest BCUT2D eigenvalue weighted by Crippen LogP contribution is 2.37. The number of hydrogen-bond donors (Lipinski definition) is 4. The molecule has 0 aliphatic carbocycles. The van der Waals surface area contributed by atoms with Crippen LogP contribution in [0.1, 0.15) is 21.5 Å². The molecule has 4 N–H and O–H groups in total. The third-order valence-electron chi connectivity index (χ3n) is 4.65. The van der Waals surface area contributed by atoms with Crippen LogP contribution in [0.5, 0.6) is 23.0 Å². The van der Waals surface area contributed by atoms with Gasteiger partial charge in [0.25, 0.3) is 0 Å². The molecule has 0 saturated carbocycles. The molecule has 0 bridgehead atoms. The van der Waals surface area contributed by atoms with Gasteiger partial charge in [-0.1, -0.05) is 30.8 Å². The number of aromatic hydroxyl groups is 4. The molecular weight excluding hydrogens is 400 g/mol. The maximum Gasteiger partial charge on any atom is 0.330 e. The summed E-state index contributed by atoms with van der Waals surface area (Å²) in [6.07, 6.45) is 1.58. The van der Waals surface area contributed by atoms with Gasteiger partial charge in [-0.05, 0) is 29.3 Å². The molecule has 3 rings (SSSR count). The highest BCUT2D eigenvalue weighted by atomic mass is 16.5. The molecule has 0 spiro atoms. The number of benzene rings is 3. The van der Waals surface area contributed by atoms with Crippen molar-refractivity contribution in [3.63, 3.8) is 0 Å². The van der Waals surface area contributed by atoms with Crippen LogP contribution < -0.4 is 0 Å². The smallest absolute Gasteiger partial charge is 0.330 e. The predicted molar refractivity (Wildman–Crippen MR) is 113 cm³/mol. The third-order valence-corrected chi connectivity index (χ3v) is 4.65. The number of carbonyl (C=O) groups is 2. The number of rotatable bonds is 7. The van der Waals surface area contributed by atoms with Crippen molar-refractivity contribution in [2.75, 3.05) is 6.61 Å². The maximum atomic E-state index is 12.8. The van der Waals surface area contributed by atoms with Crippen LogP contribution in [0, 0.1) is 0 Å². The summed E-state index contributed by atoms with van der Waals surface area (Å²) in [4.78, 5) is 23.9. The number of hydrogen-bond acceptors (Lipinski definition) is 7. The first kappa shape index (κ1) is 21.4. The average Bonchev–Trinajstić information content (AvgIpc) is 2.74. The zero-order valence-electron chi connectivity index (χ0n) is 16.4. The minimum Gasteiger partial charge on any atom is -0.508 e. The van der Waals surface area contributed by atoms with Crippen LogP contribution in [0.15, 0.2) is 67.3 Å². The molecule has 31 heavy (non-hydrogen) atoms. The van der Waals surface area contributed by atoms with Crippen LogP contribution in [0.4, 0.5) is 0 Å². The highest BCUT2D eigenvalue weighted by molar-refractivity contribution is 6.13. The Hall–Kier alpha value is -4.26. The van der Waals surface area contributed by atoms with E-state index < -0.39 is 23.3 Å². The van der Waals surface area contributed by atoms with Crippen LogP contribution in [0.25, 0.3) is 11.1 Å². The quantitative estimate of drug-likeness (QED) is 0.261. The van der Waals surface area contributed by atoms with Gasteiger partial charge in [-0.2, -0.15) is 0 Å². The van der Waals surface area contributed by atoms with Crippen LogP contribution in [-0.4, -0.2) is 38.8 Å². The summed E-state index contributed by atoms with van der Waals surface area (Å²) in [7, 11) is 0. The van der Waals surface area contributed by atoms with Crippen LogP contribution in [0.3, 0.4) is 0 Å². The molecule has 158 valence electrons. The van der Waals surface area contributed by atoms with Crippen molar-refractivity contribution in [3.8, 4) is 34.1 Å². The van der Waals surface area contributed by atoms with Gasteiger partial charge in [-0.25, -0.2) is 4.79 Å². The van der Waals surface area contributed by atoms with Crippen molar-refractivity contribution in [2.45, 2.75) is 6.42 Å². The Morgan fingerprint density at radius 2 is 1.52 bits per heavy atom. The molecule has 0 aromatic heterocycles. The van der Waals surface area contributed by atoms with Gasteiger partial charge in [0.2, 0.25) is 0 Å². The lowest BCUT2D eigenvalue weighted by Crippen LogP contribution is -2.04. The molecule has 0 saturated heterocycles. The zero-order valence-corrected chi connectivity index (χ0v) is 16.4. The number of ketones is 1. The van der Waals surface area contributed by atoms with Crippen molar-refractivity contribution >= 4 is 11.8 Å². The van der Waals surface area contributed by atoms with E-state index >= 15 is 0 Å². The van der Waals surface area contributed by atoms with Gasteiger partial charge in [0.1, 0.15) is 23.0 Å². The number of phenols is 4. The summed E-state index contributed by atoms with van der Waals surface area (Å²) in [5.41, 5.74) is 1.57. The van der Waals surface area contributed by atoms with Crippen molar-refractivity contribution in [1.82, 2.24) is 0 Å². The minimum absolute atomic E-state index is 0.103. The second-order valence-electron chi connectivity index (χ2n) is 6.74. The summed E-state index contributed by atoms with van der Waals surface area (Å²) in [6.45, 7) is 3.53. The standard InChI is InChI=1S/C24H20O7/c1-2-23(29)31-10-9-14-3-5-15(6-4-14)18-12-19(22(28)13-21(18)27)24(30)17-8-7-16(25)11-20(17)26/h2-8,11-13,25-28H,1,9-10H2. The maximum absolute atomic E-state index is 12.8. The summed E-state index contributed by atoms with van der Waals surface area (Å²) < 4.78 is 4.95. The van der Waals surface area contributed by atoms with E-state index in [9.17, 15) is 30.0 Å². The summed E-state index contributed by atoms with van der Waals surface area (Å²) in [5, 5.41) is 39.8. The lowest BCUT2D eigenvalue weighted by atomic mass is 9.95. The predicted octanol–water partition coefficient (Wildman–Crippen LogP) is 3.68. The van der Waals surface area contributed by atoms with Gasteiger partial charge in [0, 0.05) is 30.2 Å². The second kappa shape index (κ2) is 9.04. The number of carbonyl (C=O) groups excluding carboxylic acids is 2. The minimum atomic E-state index is -0.670. The molecule has 0 atom stereocenters. The van der Waals surface area contributed by atoms with Crippen LogP contribution in [0.2, 0.25) is 0 Å². The SMILES string of the molecule is C=CC(=O)OCCc1ccc(-c2cc(C(=O)c3ccc(O)cc3O)c(O)cc2O)cc1. The topological polar surface area (TPSA) is 124 Å². The van der Waals surface area contributed by atoms with E-state index in [2.05, 4.69) is 6.58 Å². The molecule has 0 fully saturated rings. The molecule has 0 radical (unpaired) electrons. The number of phenolic OH excluding ortho intramolecular Hbond substituents is 4. The highest BCUT2D eigenvalue weighted by Gasteiger charge is 2.20. The molecule has 0 amide bonds. The van der Waals surface area contributed by atoms with Crippen molar-refractivity contribution in [3.05, 3.63) is 83.9 Å². The molecule has 0 unspecified atom stereocenters. The van der Waals surface area contributed by atoms with Gasteiger partial charge in [0.15, 0.2) is 5.78 Å². The lowest BCUT2D eigenvalue weighted by molar-refractivity contribution is -0.137. The lowest BCUT2D eigenvalue weighted by Gasteiger charge is -2.11. The fourth-order valence-corrected chi connectivity index (χ4v) is 3.03. The molecule has 0 aliphatic rings. The molecular formula is C24H20O7. The van der Waals surface area contributed by atoms with E-state index in [0.717, 1.165) is 23.8 Å². The van der Waals surface area contributed by atoms with E-state index in [-0.39, 0.29) is 29.2 Å². The molecule has 3 aromatic rings. The molecule has 3 aromatic carbocycles. The summed E-state index contributed by atoms with van der Waals surface area (Å²) in [6, 6.07) is 12.9. The van der Waals surface area contributed by atoms with Crippen LogP contribution in [-0.2, 0) is 16.0 Å².